The van der Waals surface area contributed by atoms with Gasteiger partial charge in [-0.15, -0.1) is 0 Å². The highest BCUT2D eigenvalue weighted by Gasteiger charge is 2.23. The third kappa shape index (κ3) is 5.82. The van der Waals surface area contributed by atoms with E-state index in [0.717, 1.165) is 5.56 Å². The number of benzene rings is 1. The minimum Gasteiger partial charge on any atom is -0.480 e. The summed E-state index contributed by atoms with van der Waals surface area (Å²) in [5.74, 6) is -1.47. The van der Waals surface area contributed by atoms with E-state index in [4.69, 9.17) is 5.11 Å². The van der Waals surface area contributed by atoms with E-state index in [9.17, 15) is 13.2 Å². The van der Waals surface area contributed by atoms with E-state index in [2.05, 4.69) is 9.46 Å². The third-order valence-electron chi connectivity index (χ3n) is 2.46. The first-order valence-electron chi connectivity index (χ1n) is 5.70. The van der Waals surface area contributed by atoms with Crippen molar-refractivity contribution in [2.75, 3.05) is 19.5 Å². The topological polar surface area (TPSA) is 92.7 Å². The molecule has 0 radical (unpaired) electrons. The van der Waals surface area contributed by atoms with Crippen molar-refractivity contribution >= 4 is 16.0 Å². The number of aliphatic carboxylic acids is 1. The summed E-state index contributed by atoms with van der Waals surface area (Å²) in [6.45, 7) is 0.0208. The third-order valence-corrected chi connectivity index (χ3v) is 3.81. The minimum absolute atomic E-state index is 0.0208. The van der Waals surface area contributed by atoms with E-state index in [1.807, 2.05) is 6.07 Å². The molecule has 1 rings (SSSR count). The summed E-state index contributed by atoms with van der Waals surface area (Å²) in [7, 11) is -2.28. The molecule has 0 saturated carbocycles. The molecule has 106 valence electrons. The average Bonchev–Trinajstić information content (AvgIpc) is 2.36. The van der Waals surface area contributed by atoms with Crippen molar-refractivity contribution in [3.05, 3.63) is 35.9 Å². The van der Waals surface area contributed by atoms with Gasteiger partial charge < -0.3 is 9.84 Å². The lowest BCUT2D eigenvalue weighted by atomic mass is 10.1. The molecule has 0 spiro atoms. The molecule has 0 bridgehead atoms. The van der Waals surface area contributed by atoms with Crippen LogP contribution in [-0.4, -0.2) is 45.0 Å². The number of sulfonamides is 1. The van der Waals surface area contributed by atoms with Crippen LogP contribution in [0.4, 0.5) is 0 Å². The van der Waals surface area contributed by atoms with Crippen LogP contribution in [0.1, 0.15) is 5.56 Å². The van der Waals surface area contributed by atoms with E-state index in [-0.39, 0.29) is 18.8 Å². The molecule has 0 amide bonds. The highest BCUT2D eigenvalue weighted by molar-refractivity contribution is 7.89. The summed E-state index contributed by atoms with van der Waals surface area (Å²) in [6.07, 6.45) is 0.0996. The lowest BCUT2D eigenvalue weighted by Crippen LogP contribution is -2.43. The Bertz CT molecular complexity index is 500. The summed E-state index contributed by atoms with van der Waals surface area (Å²) >= 11 is 0. The van der Waals surface area contributed by atoms with Crippen LogP contribution in [-0.2, 0) is 26.0 Å². The van der Waals surface area contributed by atoms with E-state index < -0.39 is 22.0 Å². The van der Waals surface area contributed by atoms with Crippen molar-refractivity contribution in [2.45, 2.75) is 12.5 Å². The predicted octanol–water partition coefficient (Wildman–Crippen LogP) is 0.248. The lowest BCUT2D eigenvalue weighted by molar-refractivity contribution is -0.138. The number of hydrogen-bond donors (Lipinski definition) is 2. The molecule has 0 fully saturated rings. The fourth-order valence-electron chi connectivity index (χ4n) is 1.50. The number of carboxylic acids is 1. The first-order valence-corrected chi connectivity index (χ1v) is 7.35. The quantitative estimate of drug-likeness (QED) is 0.715. The van der Waals surface area contributed by atoms with Gasteiger partial charge in [0, 0.05) is 7.11 Å². The Hall–Kier alpha value is -1.44. The Morgan fingerprint density at radius 3 is 2.53 bits per heavy atom. The van der Waals surface area contributed by atoms with E-state index in [1.165, 1.54) is 7.11 Å². The summed E-state index contributed by atoms with van der Waals surface area (Å²) in [4.78, 5) is 11.1. The van der Waals surface area contributed by atoms with Gasteiger partial charge in [-0.25, -0.2) is 13.1 Å². The Morgan fingerprint density at radius 2 is 2.00 bits per heavy atom. The van der Waals surface area contributed by atoms with Crippen LogP contribution >= 0.6 is 0 Å². The molecule has 0 aromatic heterocycles. The minimum atomic E-state index is -3.66. The fourth-order valence-corrected chi connectivity index (χ4v) is 2.62. The van der Waals surface area contributed by atoms with Crippen molar-refractivity contribution in [3.8, 4) is 0 Å². The van der Waals surface area contributed by atoms with Crippen LogP contribution in [0.2, 0.25) is 0 Å². The average molecular weight is 287 g/mol. The smallest absolute Gasteiger partial charge is 0.322 e. The largest absolute Gasteiger partial charge is 0.480 e. The maximum atomic E-state index is 11.6. The number of carbonyl (C=O) groups is 1. The molecule has 0 saturated heterocycles. The maximum Gasteiger partial charge on any atom is 0.322 e. The van der Waals surface area contributed by atoms with Gasteiger partial charge in [-0.2, -0.15) is 0 Å². The standard InChI is InChI=1S/C12H17NO5S/c1-18-7-8-19(16,17)13-11(12(14)15)9-10-5-3-2-4-6-10/h2-6,11,13H,7-9H2,1H3,(H,14,15). The molecule has 0 aliphatic carbocycles. The van der Waals surface area contributed by atoms with Crippen LogP contribution in [0.25, 0.3) is 0 Å². The molecule has 1 atom stereocenters. The number of rotatable bonds is 8. The normalized spacial score (nSPS) is 13.1. The molecule has 1 aromatic rings. The molecule has 6 nitrogen and oxygen atoms in total. The molecular formula is C12H17NO5S. The van der Waals surface area contributed by atoms with Crippen molar-refractivity contribution in [2.24, 2.45) is 0 Å². The van der Waals surface area contributed by atoms with Crippen LogP contribution in [0.15, 0.2) is 30.3 Å². The highest BCUT2D eigenvalue weighted by atomic mass is 32.2. The highest BCUT2D eigenvalue weighted by Crippen LogP contribution is 2.04. The van der Waals surface area contributed by atoms with Gasteiger partial charge in [0.05, 0.1) is 12.4 Å². The van der Waals surface area contributed by atoms with Gasteiger partial charge >= 0.3 is 5.97 Å². The Morgan fingerprint density at radius 1 is 1.37 bits per heavy atom. The Labute approximate surface area is 112 Å². The second-order valence-corrected chi connectivity index (χ2v) is 5.88. The fraction of sp³-hybridized carbons (Fsp3) is 0.417. The molecule has 1 unspecified atom stereocenters. The zero-order valence-corrected chi connectivity index (χ0v) is 11.4. The van der Waals surface area contributed by atoms with Gasteiger partial charge in [-0.1, -0.05) is 30.3 Å². The van der Waals surface area contributed by atoms with Gasteiger partial charge in [0.25, 0.3) is 0 Å². The lowest BCUT2D eigenvalue weighted by Gasteiger charge is -2.14. The molecule has 1 aromatic carbocycles. The monoisotopic (exact) mass is 287 g/mol. The van der Waals surface area contributed by atoms with E-state index in [1.54, 1.807) is 24.3 Å². The first-order chi connectivity index (χ1) is 8.94. The van der Waals surface area contributed by atoms with E-state index >= 15 is 0 Å². The summed E-state index contributed by atoms with van der Waals surface area (Å²) in [6, 6.07) is 7.67. The molecule has 19 heavy (non-hydrogen) atoms. The number of methoxy groups -OCH3 is 1. The predicted molar refractivity (Wildman–Crippen MR) is 70.4 cm³/mol. The van der Waals surface area contributed by atoms with Crippen LogP contribution in [0.3, 0.4) is 0 Å². The molecule has 2 N–H and O–H groups in total. The maximum absolute atomic E-state index is 11.6. The van der Waals surface area contributed by atoms with Crippen LogP contribution in [0.5, 0.6) is 0 Å². The Balaban J connectivity index is 2.71. The van der Waals surface area contributed by atoms with Crippen LogP contribution < -0.4 is 4.72 Å². The van der Waals surface area contributed by atoms with Gasteiger partial charge in [0.15, 0.2) is 0 Å². The van der Waals surface area contributed by atoms with Crippen molar-refractivity contribution in [3.63, 3.8) is 0 Å². The summed E-state index contributed by atoms with van der Waals surface area (Å²) in [5.41, 5.74) is 0.754. The summed E-state index contributed by atoms with van der Waals surface area (Å²) < 4.78 is 30.1. The van der Waals surface area contributed by atoms with Crippen molar-refractivity contribution in [1.82, 2.24) is 4.72 Å². The number of hydrogen-bond acceptors (Lipinski definition) is 4. The van der Waals surface area contributed by atoms with Gasteiger partial charge in [0.1, 0.15) is 6.04 Å². The van der Waals surface area contributed by atoms with Crippen LogP contribution in [0, 0.1) is 0 Å². The summed E-state index contributed by atoms with van der Waals surface area (Å²) in [5, 5.41) is 9.07. The zero-order chi connectivity index (χ0) is 14.3. The Kier molecular flexibility index (Phi) is 5.94. The molecular weight excluding hydrogens is 270 g/mol. The van der Waals surface area contributed by atoms with Gasteiger partial charge in [0.2, 0.25) is 10.0 Å². The number of nitrogens with one attached hydrogen (secondary N) is 1. The van der Waals surface area contributed by atoms with Crippen molar-refractivity contribution < 1.29 is 23.1 Å². The van der Waals surface area contributed by atoms with Crippen molar-refractivity contribution in [1.29, 1.82) is 0 Å². The molecule has 7 heteroatoms. The second-order valence-electron chi connectivity index (χ2n) is 4.01. The molecule has 0 aliphatic rings. The number of ether oxygens (including phenoxy) is 1. The van der Waals surface area contributed by atoms with Gasteiger partial charge in [-0.05, 0) is 12.0 Å². The zero-order valence-electron chi connectivity index (χ0n) is 10.6. The number of carboxylic acid groups (broad SMARTS) is 1. The first kappa shape index (κ1) is 15.6. The molecule has 0 heterocycles. The molecule has 0 aliphatic heterocycles. The van der Waals surface area contributed by atoms with Gasteiger partial charge in [-0.3, -0.25) is 4.79 Å². The van der Waals surface area contributed by atoms with E-state index in [0.29, 0.717) is 0 Å². The second kappa shape index (κ2) is 7.22. The SMILES string of the molecule is COCCS(=O)(=O)NC(Cc1ccccc1)C(=O)O.